The molecule has 51 heavy (non-hydrogen) atoms. The third-order valence-electron chi connectivity index (χ3n) is 6.83. The first-order chi connectivity index (χ1) is 24.6. The molecule has 0 aliphatic heterocycles. The minimum absolute atomic E-state index is 0.0103. The molecule has 2 heterocycles. The summed E-state index contributed by atoms with van der Waals surface area (Å²) in [6, 6.07) is 20.0. The predicted molar refractivity (Wildman–Crippen MR) is 187 cm³/mol. The van der Waals surface area contributed by atoms with Gasteiger partial charge in [0.25, 0.3) is 0 Å². The van der Waals surface area contributed by atoms with Gasteiger partial charge in [-0.25, -0.2) is 34.1 Å². The summed E-state index contributed by atoms with van der Waals surface area (Å²) in [6.07, 6.45) is 0.758. The first kappa shape index (κ1) is 38.2. The molecule has 5 aromatic rings. The van der Waals surface area contributed by atoms with Crippen LogP contribution in [0.4, 0.5) is 17.1 Å². The summed E-state index contributed by atoms with van der Waals surface area (Å²) in [5.41, 5.74) is 4.75. The standard InChI is InChI=1S/C15H15N3O3.C14H13N3O3.C8H5NO/c1-5-21-15(19)13-10(2)17-14(18(13)20-4)11-6-8-12(16-3)9-7-11;1-4-20-14(18)12-9(2)16-13(17(12)19)10-5-7-11(15-3)8-6-10;1-9-8-4-2-7(6-10)3-5-8/h6-9H,5H2,1-2,4H3;5-8,19H,4H2,1-2H3;2-6H. The number of benzene rings is 3. The molecule has 5 rings (SSSR count). The quantitative estimate of drug-likeness (QED) is 0.0757. The lowest BCUT2D eigenvalue weighted by atomic mass is 10.2. The van der Waals surface area contributed by atoms with E-state index >= 15 is 0 Å². The van der Waals surface area contributed by atoms with E-state index in [9.17, 15) is 19.6 Å². The van der Waals surface area contributed by atoms with Gasteiger partial charge in [0, 0.05) is 16.7 Å². The number of aromatic nitrogens is 4. The van der Waals surface area contributed by atoms with Crippen LogP contribution in [-0.2, 0) is 9.47 Å². The summed E-state index contributed by atoms with van der Waals surface area (Å²) in [5, 5.41) is 10.1. The molecule has 0 bridgehead atoms. The molecule has 0 atom stereocenters. The molecule has 0 fully saturated rings. The predicted octanol–water partition coefficient (Wildman–Crippen LogP) is 7.52. The average molecular weight is 688 g/mol. The van der Waals surface area contributed by atoms with E-state index in [2.05, 4.69) is 24.5 Å². The third-order valence-corrected chi connectivity index (χ3v) is 6.83. The SMILES string of the molecule is [C-]#[N+]c1ccc(-c2nc(C)c(C(=O)OCC)n2O)cc1.[C-]#[N+]c1ccc(-c2nc(C)c(C(=O)OCC)n2OC)cc1.[C-]#[N+]c1ccc(C=O)cc1. The molecule has 3 aromatic carbocycles. The Kier molecular flexibility index (Phi) is 13.7. The Balaban J connectivity index is 0.000000219. The summed E-state index contributed by atoms with van der Waals surface area (Å²) < 4.78 is 12.0. The van der Waals surface area contributed by atoms with Crippen LogP contribution in [0.3, 0.4) is 0 Å². The van der Waals surface area contributed by atoms with Gasteiger partial charge in [-0.05, 0) is 27.7 Å². The van der Waals surface area contributed by atoms with Gasteiger partial charge in [0.05, 0.1) is 44.3 Å². The molecule has 258 valence electrons. The molecule has 0 radical (unpaired) electrons. The second-order valence-electron chi connectivity index (χ2n) is 10.1. The number of carbonyl (C=O) groups excluding carboxylic acids is 3. The van der Waals surface area contributed by atoms with Gasteiger partial charge in [-0.15, -0.1) is 0 Å². The second kappa shape index (κ2) is 18.3. The van der Waals surface area contributed by atoms with Crippen LogP contribution in [0.5, 0.6) is 0 Å². The molecule has 0 aliphatic rings. The first-order valence-corrected chi connectivity index (χ1v) is 15.2. The van der Waals surface area contributed by atoms with Crippen LogP contribution in [0.2, 0.25) is 0 Å². The lowest BCUT2D eigenvalue weighted by Crippen LogP contribution is -2.18. The average Bonchev–Trinajstić information content (AvgIpc) is 3.66. The molecular formula is C37H33N7O7. The van der Waals surface area contributed by atoms with Gasteiger partial charge < -0.3 is 19.5 Å². The smallest absolute Gasteiger partial charge is 0.360 e. The first-order valence-electron chi connectivity index (χ1n) is 15.2. The molecule has 0 saturated heterocycles. The number of ether oxygens (including phenoxy) is 2. The highest BCUT2D eigenvalue weighted by Crippen LogP contribution is 2.26. The van der Waals surface area contributed by atoms with Gasteiger partial charge in [0.15, 0.2) is 40.1 Å². The Hall–Kier alpha value is -7.24. The van der Waals surface area contributed by atoms with Crippen molar-refractivity contribution in [1.29, 1.82) is 0 Å². The molecule has 0 aliphatic carbocycles. The van der Waals surface area contributed by atoms with E-state index in [4.69, 9.17) is 34.0 Å². The molecule has 14 heteroatoms. The van der Waals surface area contributed by atoms with Crippen molar-refractivity contribution >= 4 is 35.3 Å². The topological polar surface area (TPSA) is 148 Å². The number of hydrogen-bond donors (Lipinski definition) is 1. The molecule has 0 spiro atoms. The zero-order valence-corrected chi connectivity index (χ0v) is 28.4. The highest BCUT2D eigenvalue weighted by Gasteiger charge is 2.24. The van der Waals surface area contributed by atoms with Crippen molar-refractivity contribution in [2.75, 3.05) is 20.3 Å². The van der Waals surface area contributed by atoms with E-state index in [0.717, 1.165) is 16.6 Å². The zero-order valence-electron chi connectivity index (χ0n) is 28.4. The maximum absolute atomic E-state index is 12.0. The minimum Gasteiger partial charge on any atom is -0.461 e. The van der Waals surface area contributed by atoms with Gasteiger partial charge in [-0.3, -0.25) is 4.79 Å². The number of nitrogens with zero attached hydrogens (tertiary/aromatic N) is 7. The van der Waals surface area contributed by atoms with Crippen LogP contribution < -0.4 is 4.84 Å². The summed E-state index contributed by atoms with van der Waals surface area (Å²) >= 11 is 0. The molecule has 0 saturated carbocycles. The summed E-state index contributed by atoms with van der Waals surface area (Å²) in [6.45, 7) is 27.7. The summed E-state index contributed by atoms with van der Waals surface area (Å²) in [5.74, 6) is -0.367. The third kappa shape index (κ3) is 9.44. The molecule has 0 unspecified atom stereocenters. The van der Waals surface area contributed by atoms with Gasteiger partial charge in [0.1, 0.15) is 13.4 Å². The van der Waals surface area contributed by atoms with Crippen LogP contribution in [0.15, 0.2) is 72.8 Å². The number of rotatable bonds is 8. The normalized spacial score (nSPS) is 9.69. The summed E-state index contributed by atoms with van der Waals surface area (Å²) in [4.78, 5) is 57.5. The van der Waals surface area contributed by atoms with Gasteiger partial charge in [0.2, 0.25) is 0 Å². The summed E-state index contributed by atoms with van der Waals surface area (Å²) in [7, 11) is 1.46. The van der Waals surface area contributed by atoms with Crippen molar-refractivity contribution in [3.05, 3.63) is 135 Å². The fourth-order valence-corrected chi connectivity index (χ4v) is 4.44. The van der Waals surface area contributed by atoms with E-state index in [1.54, 1.807) is 100 Å². The Morgan fingerprint density at radius 3 is 1.51 bits per heavy atom. The number of hydrogen-bond acceptors (Lipinski definition) is 9. The highest BCUT2D eigenvalue weighted by atomic mass is 16.7. The van der Waals surface area contributed by atoms with Crippen LogP contribution in [0.1, 0.15) is 56.6 Å². The van der Waals surface area contributed by atoms with Crippen LogP contribution in [0, 0.1) is 33.6 Å². The van der Waals surface area contributed by atoms with Crippen LogP contribution >= 0.6 is 0 Å². The Morgan fingerprint density at radius 2 is 1.10 bits per heavy atom. The fourth-order valence-electron chi connectivity index (χ4n) is 4.44. The van der Waals surface area contributed by atoms with Gasteiger partial charge >= 0.3 is 11.9 Å². The van der Waals surface area contributed by atoms with Gasteiger partial charge in [-0.1, -0.05) is 72.8 Å². The maximum Gasteiger partial charge on any atom is 0.360 e. The van der Waals surface area contributed by atoms with E-state index in [-0.39, 0.29) is 30.4 Å². The van der Waals surface area contributed by atoms with Crippen molar-refractivity contribution in [1.82, 2.24) is 19.4 Å². The lowest BCUT2D eigenvalue weighted by Gasteiger charge is -2.09. The van der Waals surface area contributed by atoms with Crippen LogP contribution in [-0.4, -0.2) is 63.2 Å². The lowest BCUT2D eigenvalue weighted by molar-refractivity contribution is 0.0464. The Morgan fingerprint density at radius 1 is 0.706 bits per heavy atom. The van der Waals surface area contributed by atoms with E-state index in [1.807, 2.05) is 0 Å². The number of imidazole rings is 2. The largest absolute Gasteiger partial charge is 0.461 e. The number of esters is 2. The molecular weight excluding hydrogens is 654 g/mol. The second-order valence-corrected chi connectivity index (χ2v) is 10.1. The van der Waals surface area contributed by atoms with E-state index < -0.39 is 11.9 Å². The minimum atomic E-state index is -0.621. The van der Waals surface area contributed by atoms with Crippen molar-refractivity contribution in [2.24, 2.45) is 0 Å². The molecule has 2 aromatic heterocycles. The monoisotopic (exact) mass is 687 g/mol. The highest BCUT2D eigenvalue weighted by molar-refractivity contribution is 5.90. The van der Waals surface area contributed by atoms with Gasteiger partial charge in [-0.2, -0.15) is 9.46 Å². The maximum atomic E-state index is 12.0. The Bertz CT molecular complexity index is 2110. The van der Waals surface area contributed by atoms with E-state index in [0.29, 0.717) is 45.4 Å². The number of carbonyl (C=O) groups is 3. The Labute approximate surface area is 294 Å². The number of aldehydes is 1. The molecule has 0 amide bonds. The van der Waals surface area contributed by atoms with Crippen molar-refractivity contribution in [3.8, 4) is 22.8 Å². The number of aryl methyl sites for hydroxylation is 2. The molecule has 14 nitrogen and oxygen atoms in total. The fraction of sp³-hybridized carbons (Fsp3) is 0.189. The van der Waals surface area contributed by atoms with Crippen LogP contribution in [0.25, 0.3) is 37.3 Å². The zero-order chi connectivity index (χ0) is 37.5. The van der Waals surface area contributed by atoms with Crippen molar-refractivity contribution in [2.45, 2.75) is 27.7 Å². The van der Waals surface area contributed by atoms with Crippen molar-refractivity contribution in [3.63, 3.8) is 0 Å². The van der Waals surface area contributed by atoms with Crippen molar-refractivity contribution < 1.29 is 33.9 Å². The van der Waals surface area contributed by atoms with E-state index in [1.165, 1.54) is 11.8 Å². The molecule has 1 N–H and O–H groups in total.